The fraction of sp³-hybridized carbons (Fsp3) is 0.333. The summed E-state index contributed by atoms with van der Waals surface area (Å²) in [5.41, 5.74) is 3.91. The third-order valence-corrected chi connectivity index (χ3v) is 4.83. The van der Waals surface area contributed by atoms with E-state index in [0.29, 0.717) is 26.2 Å². The van der Waals surface area contributed by atoms with E-state index in [0.717, 1.165) is 22.3 Å². The van der Waals surface area contributed by atoms with Gasteiger partial charge in [0.1, 0.15) is 6.04 Å². The molecule has 4 nitrogen and oxygen atoms in total. The Morgan fingerprint density at radius 1 is 1.04 bits per heavy atom. The molecule has 2 aromatic rings. The Hall–Kier alpha value is -2.64. The summed E-state index contributed by atoms with van der Waals surface area (Å²) in [7, 11) is 0. The topological polar surface area (TPSA) is 47.3 Å². The molecule has 0 spiro atoms. The van der Waals surface area contributed by atoms with Gasteiger partial charge in [-0.15, -0.1) is 0 Å². The van der Waals surface area contributed by atoms with Crippen LogP contribution in [0.4, 0.5) is 0 Å². The molecule has 25 heavy (non-hydrogen) atoms. The van der Waals surface area contributed by atoms with Gasteiger partial charge in [-0.3, -0.25) is 9.69 Å². The Morgan fingerprint density at radius 2 is 1.72 bits per heavy atom. The summed E-state index contributed by atoms with van der Waals surface area (Å²) < 4.78 is 0. The van der Waals surface area contributed by atoms with Crippen LogP contribution in [0.1, 0.15) is 33.1 Å². The molecule has 3 rings (SSSR count). The minimum Gasteiger partial charge on any atom is -0.336 e. The van der Waals surface area contributed by atoms with Crippen molar-refractivity contribution in [2.75, 3.05) is 26.2 Å². The highest BCUT2D eigenvalue weighted by Crippen LogP contribution is 2.22. The second-order valence-corrected chi connectivity index (χ2v) is 6.59. The number of piperazine rings is 1. The highest BCUT2D eigenvalue weighted by molar-refractivity contribution is 5.95. The molecule has 1 amide bonds. The fourth-order valence-corrected chi connectivity index (χ4v) is 3.32. The van der Waals surface area contributed by atoms with E-state index in [1.807, 2.05) is 67.3 Å². The predicted octanol–water partition coefficient (Wildman–Crippen LogP) is 3.33. The summed E-state index contributed by atoms with van der Waals surface area (Å²) in [6.07, 6.45) is 0. The highest BCUT2D eigenvalue weighted by Gasteiger charge is 2.27. The quantitative estimate of drug-likeness (QED) is 0.865. The average molecular weight is 333 g/mol. The Morgan fingerprint density at radius 3 is 2.36 bits per heavy atom. The Labute approximate surface area is 149 Å². The SMILES string of the molecule is Cc1ccc(C)c(C(=O)N2CCN(C(C#N)c3ccccc3)CC2)c1. The second-order valence-electron chi connectivity index (χ2n) is 6.59. The van der Waals surface area contributed by atoms with E-state index in [9.17, 15) is 10.1 Å². The number of rotatable bonds is 3. The van der Waals surface area contributed by atoms with Crippen LogP contribution in [0.5, 0.6) is 0 Å². The van der Waals surface area contributed by atoms with Gasteiger partial charge >= 0.3 is 0 Å². The van der Waals surface area contributed by atoms with Gasteiger partial charge in [-0.1, -0.05) is 48.0 Å². The molecular weight excluding hydrogens is 310 g/mol. The van der Waals surface area contributed by atoms with Gasteiger partial charge in [0.15, 0.2) is 0 Å². The van der Waals surface area contributed by atoms with E-state index >= 15 is 0 Å². The zero-order valence-electron chi connectivity index (χ0n) is 14.8. The van der Waals surface area contributed by atoms with E-state index in [4.69, 9.17) is 0 Å². The van der Waals surface area contributed by atoms with E-state index in [1.165, 1.54) is 0 Å². The summed E-state index contributed by atoms with van der Waals surface area (Å²) in [4.78, 5) is 16.9. The van der Waals surface area contributed by atoms with Gasteiger partial charge in [0.25, 0.3) is 5.91 Å². The van der Waals surface area contributed by atoms with Gasteiger partial charge in [0.2, 0.25) is 0 Å². The van der Waals surface area contributed by atoms with Gasteiger partial charge in [-0.25, -0.2) is 0 Å². The molecule has 1 aliphatic rings. The normalized spacial score (nSPS) is 16.3. The van der Waals surface area contributed by atoms with Crippen LogP contribution in [-0.2, 0) is 0 Å². The molecule has 0 aliphatic carbocycles. The molecule has 1 fully saturated rings. The first-order valence-electron chi connectivity index (χ1n) is 8.65. The lowest BCUT2D eigenvalue weighted by molar-refractivity contribution is 0.0605. The van der Waals surface area contributed by atoms with Crippen molar-refractivity contribution in [3.63, 3.8) is 0 Å². The number of aryl methyl sites for hydroxylation is 2. The minimum absolute atomic E-state index is 0.0917. The number of nitrogens with zero attached hydrogens (tertiary/aromatic N) is 3. The van der Waals surface area contributed by atoms with Crippen LogP contribution in [0.15, 0.2) is 48.5 Å². The van der Waals surface area contributed by atoms with Crippen molar-refractivity contribution in [2.24, 2.45) is 0 Å². The molecule has 128 valence electrons. The lowest BCUT2D eigenvalue weighted by Crippen LogP contribution is -2.49. The first-order valence-corrected chi connectivity index (χ1v) is 8.65. The average Bonchev–Trinajstić information content (AvgIpc) is 2.65. The summed E-state index contributed by atoms with van der Waals surface area (Å²) in [6, 6.07) is 18.0. The highest BCUT2D eigenvalue weighted by atomic mass is 16.2. The maximum Gasteiger partial charge on any atom is 0.254 e. The van der Waals surface area contributed by atoms with Crippen LogP contribution in [0.3, 0.4) is 0 Å². The Kier molecular flexibility index (Phi) is 5.16. The van der Waals surface area contributed by atoms with Gasteiger partial charge in [0.05, 0.1) is 6.07 Å². The number of hydrogen-bond donors (Lipinski definition) is 0. The van der Waals surface area contributed by atoms with Crippen molar-refractivity contribution in [2.45, 2.75) is 19.9 Å². The van der Waals surface area contributed by atoms with Crippen molar-refractivity contribution >= 4 is 5.91 Å². The molecule has 2 aromatic carbocycles. The van der Waals surface area contributed by atoms with Crippen LogP contribution >= 0.6 is 0 Å². The first kappa shape index (κ1) is 17.2. The summed E-state index contributed by atoms with van der Waals surface area (Å²) in [6.45, 7) is 6.71. The molecule has 0 radical (unpaired) electrons. The third-order valence-electron chi connectivity index (χ3n) is 4.83. The molecular formula is C21H23N3O. The van der Waals surface area contributed by atoms with Gasteiger partial charge < -0.3 is 4.90 Å². The maximum absolute atomic E-state index is 12.8. The van der Waals surface area contributed by atoms with Crippen molar-refractivity contribution in [1.29, 1.82) is 5.26 Å². The molecule has 0 bridgehead atoms. The molecule has 1 saturated heterocycles. The molecule has 4 heteroatoms. The van der Waals surface area contributed by atoms with Crippen LogP contribution < -0.4 is 0 Å². The van der Waals surface area contributed by atoms with Crippen LogP contribution in [0, 0.1) is 25.2 Å². The molecule has 1 aliphatic heterocycles. The molecule has 1 heterocycles. The smallest absolute Gasteiger partial charge is 0.254 e. The molecule has 1 atom stereocenters. The van der Waals surface area contributed by atoms with Gasteiger partial charge in [0, 0.05) is 31.7 Å². The largest absolute Gasteiger partial charge is 0.336 e. The lowest BCUT2D eigenvalue weighted by Gasteiger charge is -2.37. The summed E-state index contributed by atoms with van der Waals surface area (Å²) in [5.74, 6) is 0.0917. The third kappa shape index (κ3) is 3.72. The monoisotopic (exact) mass is 333 g/mol. The van der Waals surface area contributed by atoms with Crippen molar-refractivity contribution in [3.8, 4) is 6.07 Å². The maximum atomic E-state index is 12.8. The molecule has 0 aromatic heterocycles. The molecule has 0 saturated carbocycles. The number of amides is 1. The second kappa shape index (κ2) is 7.50. The minimum atomic E-state index is -0.251. The van der Waals surface area contributed by atoms with Crippen molar-refractivity contribution < 1.29 is 4.79 Å². The fourth-order valence-electron chi connectivity index (χ4n) is 3.32. The first-order chi connectivity index (χ1) is 12.1. The van der Waals surface area contributed by atoms with Gasteiger partial charge in [-0.05, 0) is 31.0 Å². The van der Waals surface area contributed by atoms with Gasteiger partial charge in [-0.2, -0.15) is 5.26 Å². The standard InChI is InChI=1S/C21H23N3O/c1-16-8-9-17(2)19(14-16)21(25)24-12-10-23(11-13-24)20(15-22)18-6-4-3-5-7-18/h3-9,14,20H,10-13H2,1-2H3. The number of carbonyl (C=O) groups excluding carboxylic acids is 1. The van der Waals surface area contributed by atoms with Crippen molar-refractivity contribution in [3.05, 3.63) is 70.8 Å². The number of nitriles is 1. The van der Waals surface area contributed by atoms with E-state index < -0.39 is 0 Å². The van der Waals surface area contributed by atoms with E-state index in [1.54, 1.807) is 0 Å². The van der Waals surface area contributed by atoms with Crippen LogP contribution in [0.2, 0.25) is 0 Å². The van der Waals surface area contributed by atoms with Crippen molar-refractivity contribution in [1.82, 2.24) is 9.80 Å². The molecule has 1 unspecified atom stereocenters. The molecule has 0 N–H and O–H groups in total. The number of hydrogen-bond acceptors (Lipinski definition) is 3. The van der Waals surface area contributed by atoms with E-state index in [2.05, 4.69) is 11.0 Å². The zero-order chi connectivity index (χ0) is 17.8. The zero-order valence-corrected chi connectivity index (χ0v) is 14.8. The van der Waals surface area contributed by atoms with Crippen LogP contribution in [-0.4, -0.2) is 41.9 Å². The van der Waals surface area contributed by atoms with Crippen LogP contribution in [0.25, 0.3) is 0 Å². The Bertz CT molecular complexity index is 787. The lowest BCUT2D eigenvalue weighted by atomic mass is 10.0. The summed E-state index contributed by atoms with van der Waals surface area (Å²) in [5, 5.41) is 9.58. The number of carbonyl (C=O) groups is 1. The van der Waals surface area contributed by atoms with E-state index in [-0.39, 0.29) is 11.9 Å². The summed E-state index contributed by atoms with van der Waals surface area (Å²) >= 11 is 0. The Balaban J connectivity index is 1.68. The predicted molar refractivity (Wildman–Crippen MR) is 98.2 cm³/mol. The number of benzene rings is 2.